The summed E-state index contributed by atoms with van der Waals surface area (Å²) in [5.41, 5.74) is -0.552. The zero-order valence-corrected chi connectivity index (χ0v) is 12.0. The molecule has 8 heteroatoms. The van der Waals surface area contributed by atoms with Crippen LogP contribution in [0, 0.1) is 6.92 Å². The fourth-order valence-corrected chi connectivity index (χ4v) is 2.15. The maximum absolute atomic E-state index is 11.6. The maximum Gasteiger partial charge on any atom is 0.325 e. The van der Waals surface area contributed by atoms with Crippen molar-refractivity contribution < 1.29 is 9.90 Å². The molecule has 0 aromatic carbocycles. The second-order valence-corrected chi connectivity index (χ2v) is 5.03. The van der Waals surface area contributed by atoms with Crippen molar-refractivity contribution >= 4 is 23.7 Å². The maximum atomic E-state index is 11.6. The molecule has 1 atom stereocenters. The summed E-state index contributed by atoms with van der Waals surface area (Å²) in [6.45, 7) is 1.41. The lowest BCUT2D eigenvalue weighted by Crippen LogP contribution is -2.38. The van der Waals surface area contributed by atoms with E-state index < -0.39 is 17.2 Å². The Bertz CT molecular complexity index is 605. The molecule has 0 radical (unpaired) electrons. The van der Waals surface area contributed by atoms with Crippen LogP contribution in [0.2, 0.25) is 0 Å². The van der Waals surface area contributed by atoms with E-state index in [-0.39, 0.29) is 18.2 Å². The minimum Gasteiger partial charge on any atom is -0.394 e. The molecule has 0 aliphatic rings. The zero-order valence-electron chi connectivity index (χ0n) is 11.2. The van der Waals surface area contributed by atoms with Crippen LogP contribution in [-0.2, 0) is 4.79 Å². The van der Waals surface area contributed by atoms with E-state index in [4.69, 9.17) is 5.11 Å². The molecule has 0 spiro atoms. The van der Waals surface area contributed by atoms with Crippen molar-refractivity contribution in [3.8, 4) is 0 Å². The molecule has 110 valence electrons. The second kappa shape index (κ2) is 7.71. The van der Waals surface area contributed by atoms with E-state index in [2.05, 4.69) is 15.3 Å². The average Bonchev–Trinajstić information content (AvgIpc) is 2.36. The smallest absolute Gasteiger partial charge is 0.325 e. The first kappa shape index (κ1) is 16.3. The summed E-state index contributed by atoms with van der Waals surface area (Å²) in [7, 11) is 0. The third kappa shape index (κ3) is 4.71. The summed E-state index contributed by atoms with van der Waals surface area (Å²) in [5, 5.41) is 11.7. The Morgan fingerprint density at radius 2 is 2.15 bits per heavy atom. The third-order valence-electron chi connectivity index (χ3n) is 2.51. The van der Waals surface area contributed by atoms with Gasteiger partial charge in [0.2, 0.25) is 5.91 Å². The molecule has 0 fully saturated rings. The highest BCUT2D eigenvalue weighted by atomic mass is 32.2. The Labute approximate surface area is 119 Å². The van der Waals surface area contributed by atoms with E-state index in [1.807, 2.05) is 6.26 Å². The normalized spacial score (nSPS) is 12.6. The molecule has 0 saturated carbocycles. The van der Waals surface area contributed by atoms with Gasteiger partial charge in [-0.1, -0.05) is 0 Å². The fourth-order valence-electron chi connectivity index (χ4n) is 1.56. The lowest BCUT2D eigenvalue weighted by Gasteiger charge is -2.13. The number of nitrogens with one attached hydrogen (secondary N) is 3. The summed E-state index contributed by atoms with van der Waals surface area (Å²) in [6, 6.07) is -0.336. The summed E-state index contributed by atoms with van der Waals surface area (Å²) >= 11 is 1.50. The molecule has 7 nitrogen and oxygen atoms in total. The molecule has 1 aromatic rings. The molecule has 1 amide bonds. The van der Waals surface area contributed by atoms with E-state index in [9.17, 15) is 14.4 Å². The molecule has 0 saturated heterocycles. The largest absolute Gasteiger partial charge is 0.394 e. The predicted octanol–water partition coefficient (Wildman–Crippen LogP) is -0.775. The van der Waals surface area contributed by atoms with E-state index in [0.29, 0.717) is 11.4 Å². The van der Waals surface area contributed by atoms with Crippen LogP contribution < -0.4 is 16.6 Å². The van der Waals surface area contributed by atoms with Gasteiger partial charge in [0.05, 0.1) is 18.2 Å². The minimum absolute atomic E-state index is 0.154. The molecule has 1 aromatic heterocycles. The first-order valence-electron chi connectivity index (χ1n) is 5.89. The van der Waals surface area contributed by atoms with Crippen molar-refractivity contribution in [2.75, 3.05) is 18.6 Å². The second-order valence-electron chi connectivity index (χ2n) is 4.12. The van der Waals surface area contributed by atoms with E-state index >= 15 is 0 Å². The fraction of sp³-hybridized carbons (Fsp3) is 0.417. The Morgan fingerprint density at radius 3 is 2.70 bits per heavy atom. The number of carbonyl (C=O) groups excluding carboxylic acids is 1. The van der Waals surface area contributed by atoms with Gasteiger partial charge >= 0.3 is 5.69 Å². The number of aromatic nitrogens is 2. The highest BCUT2D eigenvalue weighted by molar-refractivity contribution is 7.98. The molecule has 0 aliphatic heterocycles. The monoisotopic (exact) mass is 299 g/mol. The van der Waals surface area contributed by atoms with Gasteiger partial charge in [0, 0.05) is 17.5 Å². The molecule has 0 bridgehead atoms. The van der Waals surface area contributed by atoms with Gasteiger partial charge in [-0.3, -0.25) is 14.6 Å². The third-order valence-corrected chi connectivity index (χ3v) is 3.25. The number of aryl methyl sites for hydroxylation is 1. The van der Waals surface area contributed by atoms with Gasteiger partial charge in [-0.05, 0) is 19.3 Å². The van der Waals surface area contributed by atoms with E-state index in [1.54, 1.807) is 6.92 Å². The van der Waals surface area contributed by atoms with Gasteiger partial charge in [-0.2, -0.15) is 11.8 Å². The van der Waals surface area contributed by atoms with Crippen molar-refractivity contribution in [3.63, 3.8) is 0 Å². The zero-order chi connectivity index (χ0) is 15.1. The van der Waals surface area contributed by atoms with E-state index in [1.165, 1.54) is 23.9 Å². The standard InChI is InChI=1S/C12H17N3O4S/c1-7-9(11(18)15-12(19)13-7)3-4-10(17)14-8(5-16)6-20-2/h3-4,8,16H,5-6H2,1-2H3,(H,14,17)(H2,13,15,18,19)/b4-3-/t8-/m0/s1. The quantitative estimate of drug-likeness (QED) is 0.515. The number of amides is 1. The average molecular weight is 299 g/mol. The first-order chi connectivity index (χ1) is 9.47. The number of aromatic amines is 2. The number of H-pyrrole nitrogens is 2. The van der Waals surface area contributed by atoms with Gasteiger partial charge in [-0.15, -0.1) is 0 Å². The van der Waals surface area contributed by atoms with Crippen molar-refractivity contribution in [3.05, 3.63) is 38.2 Å². The molecule has 1 heterocycles. The van der Waals surface area contributed by atoms with Gasteiger partial charge in [-0.25, -0.2) is 4.79 Å². The van der Waals surface area contributed by atoms with Crippen LogP contribution >= 0.6 is 11.8 Å². The number of aliphatic hydroxyl groups is 1. The topological polar surface area (TPSA) is 115 Å². The Morgan fingerprint density at radius 1 is 1.45 bits per heavy atom. The number of hydrogen-bond donors (Lipinski definition) is 4. The molecule has 0 aliphatic carbocycles. The van der Waals surface area contributed by atoms with Crippen molar-refractivity contribution in [2.24, 2.45) is 0 Å². The van der Waals surface area contributed by atoms with E-state index in [0.717, 1.165) is 0 Å². The molecule has 20 heavy (non-hydrogen) atoms. The van der Waals surface area contributed by atoms with Crippen LogP contribution in [0.1, 0.15) is 11.3 Å². The Hall–Kier alpha value is -1.80. The SMILES string of the molecule is CSC[C@H](CO)NC(=O)/C=C\c1c(C)[nH]c(=O)[nH]c1=O. The number of aliphatic hydroxyl groups excluding tert-OH is 1. The first-order valence-corrected chi connectivity index (χ1v) is 7.29. The number of rotatable bonds is 6. The van der Waals surface area contributed by atoms with Crippen LogP contribution in [0.25, 0.3) is 6.08 Å². The van der Waals surface area contributed by atoms with Crippen LogP contribution in [0.3, 0.4) is 0 Å². The predicted molar refractivity (Wildman–Crippen MR) is 78.9 cm³/mol. The summed E-state index contributed by atoms with van der Waals surface area (Å²) in [6.07, 6.45) is 4.39. The lowest BCUT2D eigenvalue weighted by atomic mass is 10.2. The van der Waals surface area contributed by atoms with Crippen LogP contribution in [-0.4, -0.2) is 45.6 Å². The van der Waals surface area contributed by atoms with Gasteiger partial charge in [0.15, 0.2) is 0 Å². The molecular formula is C12H17N3O4S. The highest BCUT2D eigenvalue weighted by Crippen LogP contribution is 1.99. The number of thioether (sulfide) groups is 1. The Balaban J connectivity index is 2.80. The Kier molecular flexibility index (Phi) is 6.26. The molecule has 0 unspecified atom stereocenters. The summed E-state index contributed by atoms with van der Waals surface area (Å²) in [5.74, 6) is 0.178. The van der Waals surface area contributed by atoms with Crippen LogP contribution in [0.15, 0.2) is 15.7 Å². The molecular weight excluding hydrogens is 282 g/mol. The van der Waals surface area contributed by atoms with Crippen molar-refractivity contribution in [1.29, 1.82) is 0 Å². The lowest BCUT2D eigenvalue weighted by molar-refractivity contribution is -0.117. The minimum atomic E-state index is -0.589. The molecule has 4 N–H and O–H groups in total. The highest BCUT2D eigenvalue weighted by Gasteiger charge is 2.09. The number of carbonyl (C=O) groups is 1. The summed E-state index contributed by atoms with van der Waals surface area (Å²) < 4.78 is 0. The summed E-state index contributed by atoms with van der Waals surface area (Å²) in [4.78, 5) is 38.7. The van der Waals surface area contributed by atoms with Gasteiger partial charge < -0.3 is 15.4 Å². The number of hydrogen-bond acceptors (Lipinski definition) is 5. The molecule has 1 rings (SSSR count). The van der Waals surface area contributed by atoms with Crippen LogP contribution in [0.5, 0.6) is 0 Å². The van der Waals surface area contributed by atoms with Crippen molar-refractivity contribution in [1.82, 2.24) is 15.3 Å². The van der Waals surface area contributed by atoms with Gasteiger partial charge in [0.1, 0.15) is 0 Å². The van der Waals surface area contributed by atoms with Crippen LogP contribution in [0.4, 0.5) is 0 Å². The van der Waals surface area contributed by atoms with Gasteiger partial charge in [0.25, 0.3) is 5.56 Å². The van der Waals surface area contributed by atoms with Crippen molar-refractivity contribution in [2.45, 2.75) is 13.0 Å².